The zero-order valence-electron chi connectivity index (χ0n) is 8.43. The van der Waals surface area contributed by atoms with Crippen LogP contribution in [0.1, 0.15) is 5.56 Å². The van der Waals surface area contributed by atoms with E-state index in [1.54, 1.807) is 7.11 Å². The molecule has 4 heteroatoms. The molecule has 80 valence electrons. The Bertz CT molecular complexity index is 385. The van der Waals surface area contributed by atoms with Gasteiger partial charge in [0.1, 0.15) is 5.75 Å². The second-order valence-electron chi connectivity index (χ2n) is 3.09. The summed E-state index contributed by atoms with van der Waals surface area (Å²) < 4.78 is 5.04. The van der Waals surface area contributed by atoms with E-state index in [4.69, 9.17) is 15.6 Å². The standard InChI is InChI=1S/C11H13NO3/c1-15-10-4-2-3-8(6-10)5-9(12)7-11(13)14/h2-4,6-7H,5,12H2,1H3,(H,13,14). The Morgan fingerprint density at radius 2 is 2.33 bits per heavy atom. The monoisotopic (exact) mass is 207 g/mol. The Hall–Kier alpha value is -1.97. The summed E-state index contributed by atoms with van der Waals surface area (Å²) in [5.74, 6) is -0.300. The summed E-state index contributed by atoms with van der Waals surface area (Å²) in [4.78, 5) is 10.3. The minimum atomic E-state index is -1.03. The highest BCUT2D eigenvalue weighted by molar-refractivity contribution is 5.80. The van der Waals surface area contributed by atoms with E-state index in [-0.39, 0.29) is 0 Å². The van der Waals surface area contributed by atoms with E-state index in [2.05, 4.69) is 0 Å². The van der Waals surface area contributed by atoms with Crippen molar-refractivity contribution in [3.05, 3.63) is 41.6 Å². The normalized spacial score (nSPS) is 11.1. The van der Waals surface area contributed by atoms with E-state index in [0.717, 1.165) is 17.4 Å². The number of allylic oxidation sites excluding steroid dienone is 1. The molecule has 4 nitrogen and oxygen atoms in total. The minimum Gasteiger partial charge on any atom is -0.497 e. The third kappa shape index (κ3) is 3.72. The summed E-state index contributed by atoms with van der Waals surface area (Å²) in [5, 5.41) is 8.48. The number of methoxy groups -OCH3 is 1. The van der Waals surface area contributed by atoms with Crippen molar-refractivity contribution in [1.82, 2.24) is 0 Å². The number of benzene rings is 1. The first-order valence-electron chi connectivity index (χ1n) is 4.43. The molecule has 0 spiro atoms. The van der Waals surface area contributed by atoms with Crippen molar-refractivity contribution in [2.45, 2.75) is 6.42 Å². The maximum atomic E-state index is 10.3. The van der Waals surface area contributed by atoms with Crippen molar-refractivity contribution in [2.75, 3.05) is 7.11 Å². The Kier molecular flexibility index (Phi) is 3.74. The van der Waals surface area contributed by atoms with E-state index >= 15 is 0 Å². The summed E-state index contributed by atoms with van der Waals surface area (Å²) in [6, 6.07) is 7.34. The number of carboxylic acid groups (broad SMARTS) is 1. The van der Waals surface area contributed by atoms with Gasteiger partial charge in [0.25, 0.3) is 0 Å². The molecule has 0 saturated heterocycles. The van der Waals surface area contributed by atoms with Crippen molar-refractivity contribution in [3.63, 3.8) is 0 Å². The fraction of sp³-hybridized carbons (Fsp3) is 0.182. The molecule has 0 aliphatic carbocycles. The summed E-state index contributed by atoms with van der Waals surface area (Å²) in [6.07, 6.45) is 1.41. The van der Waals surface area contributed by atoms with Crippen molar-refractivity contribution in [3.8, 4) is 5.75 Å². The molecule has 1 aromatic carbocycles. The molecular formula is C11H13NO3. The van der Waals surface area contributed by atoms with Crippen LogP contribution in [-0.2, 0) is 11.2 Å². The summed E-state index contributed by atoms with van der Waals surface area (Å²) >= 11 is 0. The minimum absolute atomic E-state index is 0.316. The topological polar surface area (TPSA) is 72.5 Å². The Morgan fingerprint density at radius 3 is 2.93 bits per heavy atom. The molecular weight excluding hydrogens is 194 g/mol. The van der Waals surface area contributed by atoms with Crippen LogP contribution in [0.4, 0.5) is 0 Å². The maximum Gasteiger partial charge on any atom is 0.330 e. The Balaban J connectivity index is 2.76. The Labute approximate surface area is 88.0 Å². The average molecular weight is 207 g/mol. The third-order valence-corrected chi connectivity index (χ3v) is 1.85. The molecule has 0 radical (unpaired) electrons. The van der Waals surface area contributed by atoms with Gasteiger partial charge in [0.05, 0.1) is 7.11 Å². The summed E-state index contributed by atoms with van der Waals surface area (Å²) in [6.45, 7) is 0. The van der Waals surface area contributed by atoms with Crippen molar-refractivity contribution in [1.29, 1.82) is 0 Å². The number of ether oxygens (including phenoxy) is 1. The van der Waals surface area contributed by atoms with Crippen molar-refractivity contribution >= 4 is 5.97 Å². The molecule has 1 aromatic rings. The van der Waals surface area contributed by atoms with Gasteiger partial charge >= 0.3 is 5.97 Å². The molecule has 0 amide bonds. The maximum absolute atomic E-state index is 10.3. The van der Waals surface area contributed by atoms with Crippen LogP contribution in [0.2, 0.25) is 0 Å². The van der Waals surface area contributed by atoms with Gasteiger partial charge in [-0.3, -0.25) is 0 Å². The van der Waals surface area contributed by atoms with E-state index in [1.807, 2.05) is 24.3 Å². The number of carboxylic acids is 1. The molecule has 0 saturated carbocycles. The quantitative estimate of drug-likeness (QED) is 0.727. The van der Waals surface area contributed by atoms with Crippen LogP contribution in [0.15, 0.2) is 36.0 Å². The lowest BCUT2D eigenvalue weighted by atomic mass is 10.1. The van der Waals surface area contributed by atoms with Crippen molar-refractivity contribution < 1.29 is 14.6 Å². The fourth-order valence-corrected chi connectivity index (χ4v) is 1.23. The Morgan fingerprint density at radius 1 is 1.60 bits per heavy atom. The van der Waals surface area contributed by atoms with Crippen LogP contribution >= 0.6 is 0 Å². The molecule has 0 bridgehead atoms. The summed E-state index contributed by atoms with van der Waals surface area (Å²) in [5.41, 5.74) is 6.77. The van der Waals surface area contributed by atoms with Gasteiger partial charge in [0.15, 0.2) is 0 Å². The van der Waals surface area contributed by atoms with Gasteiger partial charge in [-0.05, 0) is 17.7 Å². The second-order valence-corrected chi connectivity index (χ2v) is 3.09. The number of carbonyl (C=O) groups is 1. The first kappa shape index (κ1) is 11.1. The predicted octanol–water partition coefficient (Wildman–Crippen LogP) is 1.16. The summed E-state index contributed by atoms with van der Waals surface area (Å²) in [7, 11) is 1.58. The smallest absolute Gasteiger partial charge is 0.330 e. The van der Waals surface area contributed by atoms with E-state index in [9.17, 15) is 4.79 Å². The molecule has 0 aliphatic heterocycles. The number of hydrogen-bond acceptors (Lipinski definition) is 3. The first-order chi connectivity index (χ1) is 7.11. The highest BCUT2D eigenvalue weighted by Gasteiger charge is 1.99. The van der Waals surface area contributed by atoms with Crippen LogP contribution in [0.3, 0.4) is 0 Å². The van der Waals surface area contributed by atoms with E-state index in [1.165, 1.54) is 0 Å². The first-order valence-corrected chi connectivity index (χ1v) is 4.43. The molecule has 0 heterocycles. The number of hydrogen-bond donors (Lipinski definition) is 2. The molecule has 0 aromatic heterocycles. The van der Waals surface area contributed by atoms with Gasteiger partial charge in [-0.15, -0.1) is 0 Å². The zero-order valence-corrected chi connectivity index (χ0v) is 8.43. The van der Waals surface area contributed by atoms with Crippen LogP contribution < -0.4 is 10.5 Å². The number of rotatable bonds is 4. The van der Waals surface area contributed by atoms with Gasteiger partial charge in [-0.1, -0.05) is 12.1 Å². The fourth-order valence-electron chi connectivity index (χ4n) is 1.23. The molecule has 1 rings (SSSR count). The molecule has 15 heavy (non-hydrogen) atoms. The average Bonchev–Trinajstić information content (AvgIpc) is 2.16. The highest BCUT2D eigenvalue weighted by atomic mass is 16.5. The van der Waals surface area contributed by atoms with Crippen LogP contribution in [0.25, 0.3) is 0 Å². The van der Waals surface area contributed by atoms with Gasteiger partial charge < -0.3 is 15.6 Å². The van der Waals surface area contributed by atoms with E-state index < -0.39 is 5.97 Å². The van der Waals surface area contributed by atoms with Gasteiger partial charge in [-0.25, -0.2) is 4.79 Å². The van der Waals surface area contributed by atoms with E-state index in [0.29, 0.717) is 12.1 Å². The molecule has 0 fully saturated rings. The lowest BCUT2D eigenvalue weighted by Gasteiger charge is -2.04. The third-order valence-electron chi connectivity index (χ3n) is 1.85. The SMILES string of the molecule is COc1cccc(CC(N)=CC(=O)O)c1. The molecule has 0 aliphatic rings. The second kappa shape index (κ2) is 5.05. The molecule has 0 atom stereocenters. The van der Waals surface area contributed by atoms with Crippen LogP contribution in [-0.4, -0.2) is 18.2 Å². The van der Waals surface area contributed by atoms with Crippen LogP contribution in [0, 0.1) is 0 Å². The van der Waals surface area contributed by atoms with Crippen LogP contribution in [0.5, 0.6) is 5.75 Å². The van der Waals surface area contributed by atoms with Crippen molar-refractivity contribution in [2.24, 2.45) is 5.73 Å². The van der Waals surface area contributed by atoms with Gasteiger partial charge in [-0.2, -0.15) is 0 Å². The zero-order chi connectivity index (χ0) is 11.3. The largest absolute Gasteiger partial charge is 0.497 e. The highest BCUT2D eigenvalue weighted by Crippen LogP contribution is 2.14. The van der Waals surface area contributed by atoms with Gasteiger partial charge in [0.2, 0.25) is 0 Å². The molecule has 0 unspecified atom stereocenters. The lowest BCUT2D eigenvalue weighted by Crippen LogP contribution is -2.04. The van der Waals surface area contributed by atoms with Gasteiger partial charge in [0, 0.05) is 18.2 Å². The number of aliphatic carboxylic acids is 1. The predicted molar refractivity (Wildman–Crippen MR) is 56.6 cm³/mol. The number of nitrogens with two attached hydrogens (primary N) is 1. The lowest BCUT2D eigenvalue weighted by molar-refractivity contribution is -0.131. The molecule has 3 N–H and O–H groups in total.